The number of anilines is 1. The molecular weight excluding hydrogens is 202 g/mol. The van der Waals surface area contributed by atoms with Gasteiger partial charge in [-0.25, -0.2) is 0 Å². The Labute approximate surface area is 93.9 Å². The van der Waals surface area contributed by atoms with Gasteiger partial charge in [0.1, 0.15) is 5.82 Å². The fraction of sp³-hybridized carbons (Fsp3) is 0.167. The lowest BCUT2D eigenvalue weighted by Gasteiger charge is -2.05. The smallest absolute Gasteiger partial charge is 0.256 e. The minimum absolute atomic E-state index is 0.122. The lowest BCUT2D eigenvalue weighted by atomic mass is 10.1. The number of carbonyl (C=O) groups is 1. The molecule has 0 atom stereocenters. The van der Waals surface area contributed by atoms with Crippen molar-refractivity contribution in [3.63, 3.8) is 0 Å². The third-order valence-corrected chi connectivity index (χ3v) is 2.38. The van der Waals surface area contributed by atoms with Gasteiger partial charge in [-0.05, 0) is 19.1 Å². The lowest BCUT2D eigenvalue weighted by Crippen LogP contribution is -2.14. The number of carbonyl (C=O) groups excluding carboxylic acids is 1. The van der Waals surface area contributed by atoms with Gasteiger partial charge in [-0.3, -0.25) is 9.48 Å². The Morgan fingerprint density at radius 2 is 1.94 bits per heavy atom. The molecule has 0 saturated carbocycles. The molecule has 0 fully saturated rings. The predicted octanol–water partition coefficient (Wildman–Crippen LogP) is 1.98. The number of benzene rings is 1. The van der Waals surface area contributed by atoms with Crippen LogP contribution in [0.2, 0.25) is 0 Å². The molecule has 0 aliphatic heterocycles. The molecule has 1 N–H and O–H groups in total. The van der Waals surface area contributed by atoms with Gasteiger partial charge >= 0.3 is 0 Å². The van der Waals surface area contributed by atoms with Gasteiger partial charge in [0.05, 0.1) is 6.20 Å². The Hall–Kier alpha value is -2.10. The first-order valence-corrected chi connectivity index (χ1v) is 5.03. The van der Waals surface area contributed by atoms with Crippen LogP contribution in [0.4, 0.5) is 5.82 Å². The topological polar surface area (TPSA) is 46.9 Å². The summed E-state index contributed by atoms with van der Waals surface area (Å²) in [4.78, 5) is 11.8. The molecule has 1 heterocycles. The van der Waals surface area contributed by atoms with E-state index in [0.29, 0.717) is 11.4 Å². The fourth-order valence-electron chi connectivity index (χ4n) is 1.39. The second kappa shape index (κ2) is 4.18. The van der Waals surface area contributed by atoms with Crippen LogP contribution in [0.1, 0.15) is 15.9 Å². The zero-order valence-electron chi connectivity index (χ0n) is 9.27. The number of rotatable bonds is 2. The maximum absolute atomic E-state index is 11.8. The summed E-state index contributed by atoms with van der Waals surface area (Å²) in [5, 5.41) is 6.77. The van der Waals surface area contributed by atoms with Gasteiger partial charge in [-0.1, -0.05) is 17.7 Å². The molecule has 2 aromatic rings. The number of amides is 1. The van der Waals surface area contributed by atoms with Crippen LogP contribution >= 0.6 is 0 Å². The second-order valence-corrected chi connectivity index (χ2v) is 3.66. The highest BCUT2D eigenvalue weighted by atomic mass is 16.1. The molecule has 1 aromatic carbocycles. The van der Waals surface area contributed by atoms with Gasteiger partial charge in [-0.2, -0.15) is 5.10 Å². The molecule has 0 bridgehead atoms. The molecular formula is C12H13N3O. The number of nitrogens with one attached hydrogen (secondary N) is 1. The molecule has 0 spiro atoms. The molecule has 0 unspecified atom stereocenters. The van der Waals surface area contributed by atoms with E-state index in [2.05, 4.69) is 10.4 Å². The van der Waals surface area contributed by atoms with E-state index in [1.165, 1.54) is 0 Å². The molecule has 0 aliphatic rings. The number of aromatic nitrogens is 2. The van der Waals surface area contributed by atoms with Crippen molar-refractivity contribution in [1.29, 1.82) is 0 Å². The minimum Gasteiger partial charge on any atom is -0.307 e. The first-order valence-electron chi connectivity index (χ1n) is 5.03. The summed E-state index contributed by atoms with van der Waals surface area (Å²) < 4.78 is 1.62. The predicted molar refractivity (Wildman–Crippen MR) is 62.3 cm³/mol. The van der Waals surface area contributed by atoms with Gasteiger partial charge in [0.15, 0.2) is 0 Å². The van der Waals surface area contributed by atoms with Crippen molar-refractivity contribution >= 4 is 11.7 Å². The molecule has 1 amide bonds. The van der Waals surface area contributed by atoms with E-state index in [1.54, 1.807) is 36.1 Å². The zero-order chi connectivity index (χ0) is 11.5. The van der Waals surface area contributed by atoms with Crippen LogP contribution in [-0.2, 0) is 7.05 Å². The van der Waals surface area contributed by atoms with E-state index in [0.717, 1.165) is 5.56 Å². The van der Waals surface area contributed by atoms with E-state index < -0.39 is 0 Å². The summed E-state index contributed by atoms with van der Waals surface area (Å²) in [5.41, 5.74) is 1.78. The summed E-state index contributed by atoms with van der Waals surface area (Å²) in [6.45, 7) is 1.99. The summed E-state index contributed by atoms with van der Waals surface area (Å²) >= 11 is 0. The molecule has 1 aromatic heterocycles. The lowest BCUT2D eigenvalue weighted by molar-refractivity contribution is 0.102. The number of hydrogen-bond acceptors (Lipinski definition) is 2. The van der Waals surface area contributed by atoms with E-state index in [1.807, 2.05) is 19.1 Å². The minimum atomic E-state index is -0.122. The van der Waals surface area contributed by atoms with E-state index in [4.69, 9.17) is 0 Å². The van der Waals surface area contributed by atoms with Crippen LogP contribution in [0.15, 0.2) is 36.5 Å². The monoisotopic (exact) mass is 215 g/mol. The van der Waals surface area contributed by atoms with Crippen molar-refractivity contribution in [2.75, 3.05) is 5.32 Å². The molecule has 0 aliphatic carbocycles. The molecule has 4 nitrogen and oxygen atoms in total. The standard InChI is InChI=1S/C12H13N3O/c1-9-3-5-10(6-4-9)12(16)14-11-7-8-13-15(11)2/h3-8H,1-2H3,(H,14,16). The Balaban J connectivity index is 2.15. The quantitative estimate of drug-likeness (QED) is 0.832. The third kappa shape index (κ3) is 2.11. The highest BCUT2D eigenvalue weighted by Gasteiger charge is 2.07. The molecule has 16 heavy (non-hydrogen) atoms. The van der Waals surface area contributed by atoms with Crippen LogP contribution in [0.3, 0.4) is 0 Å². The first kappa shape index (κ1) is 10.4. The number of hydrogen-bond donors (Lipinski definition) is 1. The van der Waals surface area contributed by atoms with Crippen LogP contribution in [-0.4, -0.2) is 15.7 Å². The highest BCUT2D eigenvalue weighted by Crippen LogP contribution is 2.08. The normalized spacial score (nSPS) is 10.1. The largest absolute Gasteiger partial charge is 0.307 e. The van der Waals surface area contributed by atoms with Crippen molar-refractivity contribution in [3.05, 3.63) is 47.7 Å². The van der Waals surface area contributed by atoms with Gasteiger partial charge in [0.25, 0.3) is 5.91 Å². The van der Waals surface area contributed by atoms with Crippen molar-refractivity contribution in [3.8, 4) is 0 Å². The summed E-state index contributed by atoms with van der Waals surface area (Å²) in [6.07, 6.45) is 1.64. The zero-order valence-corrected chi connectivity index (χ0v) is 9.27. The molecule has 2 rings (SSSR count). The molecule has 0 radical (unpaired) electrons. The Morgan fingerprint density at radius 3 is 2.50 bits per heavy atom. The third-order valence-electron chi connectivity index (χ3n) is 2.38. The van der Waals surface area contributed by atoms with Gasteiger partial charge in [-0.15, -0.1) is 0 Å². The second-order valence-electron chi connectivity index (χ2n) is 3.66. The summed E-state index contributed by atoms with van der Waals surface area (Å²) in [7, 11) is 1.78. The van der Waals surface area contributed by atoms with Crippen molar-refractivity contribution in [2.45, 2.75) is 6.92 Å². The van der Waals surface area contributed by atoms with Gasteiger partial charge in [0.2, 0.25) is 0 Å². The van der Waals surface area contributed by atoms with Crippen molar-refractivity contribution in [1.82, 2.24) is 9.78 Å². The Kier molecular flexibility index (Phi) is 2.72. The number of nitrogens with zero attached hydrogens (tertiary/aromatic N) is 2. The molecule has 0 saturated heterocycles. The van der Waals surface area contributed by atoms with E-state index >= 15 is 0 Å². The summed E-state index contributed by atoms with van der Waals surface area (Å²) in [5.74, 6) is 0.564. The SMILES string of the molecule is Cc1ccc(C(=O)Nc2ccnn2C)cc1. The Morgan fingerprint density at radius 1 is 1.25 bits per heavy atom. The maximum Gasteiger partial charge on any atom is 0.256 e. The van der Waals surface area contributed by atoms with Crippen molar-refractivity contribution < 1.29 is 4.79 Å². The van der Waals surface area contributed by atoms with Gasteiger partial charge < -0.3 is 5.32 Å². The van der Waals surface area contributed by atoms with Crippen molar-refractivity contribution in [2.24, 2.45) is 7.05 Å². The van der Waals surface area contributed by atoms with Gasteiger partial charge in [0, 0.05) is 18.7 Å². The fourth-order valence-corrected chi connectivity index (χ4v) is 1.39. The average Bonchev–Trinajstić information content (AvgIpc) is 2.65. The van der Waals surface area contributed by atoms with Crippen LogP contribution in [0, 0.1) is 6.92 Å². The van der Waals surface area contributed by atoms with Crippen LogP contribution in [0.25, 0.3) is 0 Å². The average molecular weight is 215 g/mol. The van der Waals surface area contributed by atoms with E-state index in [-0.39, 0.29) is 5.91 Å². The van der Waals surface area contributed by atoms with Crippen LogP contribution < -0.4 is 5.32 Å². The summed E-state index contributed by atoms with van der Waals surface area (Å²) in [6, 6.07) is 9.20. The maximum atomic E-state index is 11.8. The molecule has 4 heteroatoms. The highest BCUT2D eigenvalue weighted by molar-refractivity contribution is 6.03. The van der Waals surface area contributed by atoms with Crippen LogP contribution in [0.5, 0.6) is 0 Å². The Bertz CT molecular complexity index is 499. The molecule has 82 valence electrons. The first-order chi connectivity index (χ1) is 7.66. The van der Waals surface area contributed by atoms with E-state index in [9.17, 15) is 4.79 Å². The number of aryl methyl sites for hydroxylation is 2.